The Morgan fingerprint density at radius 2 is 1.93 bits per heavy atom. The maximum Gasteiger partial charge on any atom is 0.251 e. The number of primary amides is 1. The second-order valence-electron chi connectivity index (χ2n) is 7.26. The van der Waals surface area contributed by atoms with Crippen molar-refractivity contribution in [2.24, 2.45) is 5.73 Å². The summed E-state index contributed by atoms with van der Waals surface area (Å²) >= 11 is 0. The first kappa shape index (κ1) is 18.0. The van der Waals surface area contributed by atoms with Gasteiger partial charge in [0.2, 0.25) is 0 Å². The fourth-order valence-electron chi connectivity index (χ4n) is 3.76. The third-order valence-corrected chi connectivity index (χ3v) is 4.99. The molecule has 4 aromatic rings. The topological polar surface area (TPSA) is 87.6 Å². The number of pyridine rings is 1. The van der Waals surface area contributed by atoms with Crippen molar-refractivity contribution in [2.75, 3.05) is 0 Å². The number of halogens is 1. The number of nitrogens with two attached hydrogens (primary N) is 1. The van der Waals surface area contributed by atoms with Crippen LogP contribution in [0, 0.1) is 12.7 Å². The van der Waals surface area contributed by atoms with E-state index in [9.17, 15) is 9.18 Å². The summed E-state index contributed by atoms with van der Waals surface area (Å²) in [6.07, 6.45) is 3.52. The molecule has 0 saturated heterocycles. The van der Waals surface area contributed by atoms with Crippen LogP contribution in [0.5, 0.6) is 0 Å². The first-order valence-corrected chi connectivity index (χ1v) is 9.13. The second-order valence-corrected chi connectivity index (χ2v) is 7.26. The number of carbonyl (C=O) groups is 1. The molecule has 0 bridgehead atoms. The molecule has 3 aromatic heterocycles. The molecule has 142 valence electrons. The smallest absolute Gasteiger partial charge is 0.251 e. The predicted octanol–water partition coefficient (Wildman–Crippen LogP) is 4.89. The maximum absolute atomic E-state index is 14.7. The number of aryl methyl sites for hydroxylation is 1. The van der Waals surface area contributed by atoms with Gasteiger partial charge in [0.25, 0.3) is 5.91 Å². The van der Waals surface area contributed by atoms with Crippen LogP contribution < -0.4 is 5.73 Å². The van der Waals surface area contributed by atoms with E-state index < -0.39 is 11.7 Å². The van der Waals surface area contributed by atoms with E-state index in [1.807, 2.05) is 45.2 Å². The van der Waals surface area contributed by atoms with Crippen molar-refractivity contribution >= 4 is 16.9 Å². The molecule has 6 heteroatoms. The highest BCUT2D eigenvalue weighted by Gasteiger charge is 2.27. The number of hydrogen-bond donors (Lipinski definition) is 3. The lowest BCUT2D eigenvalue weighted by Crippen LogP contribution is -2.14. The van der Waals surface area contributed by atoms with Crippen LogP contribution in [0.2, 0.25) is 0 Å². The number of carbonyl (C=O) groups excluding carboxylic acids is 1. The molecule has 0 aliphatic rings. The van der Waals surface area contributed by atoms with Crippen LogP contribution in [-0.2, 0) is 0 Å². The van der Waals surface area contributed by atoms with Gasteiger partial charge in [0.05, 0.1) is 17.0 Å². The van der Waals surface area contributed by atoms with Crippen LogP contribution >= 0.6 is 0 Å². The largest absolute Gasteiger partial charge is 0.366 e. The van der Waals surface area contributed by atoms with Gasteiger partial charge in [0.15, 0.2) is 0 Å². The molecule has 0 radical (unpaired) electrons. The normalized spacial score (nSPS) is 11.5. The number of amides is 1. The summed E-state index contributed by atoms with van der Waals surface area (Å²) in [4.78, 5) is 23.1. The maximum atomic E-state index is 14.7. The molecule has 0 spiro atoms. The Morgan fingerprint density at radius 1 is 1.14 bits per heavy atom. The zero-order chi connectivity index (χ0) is 20.0. The highest BCUT2D eigenvalue weighted by Crippen LogP contribution is 2.40. The molecule has 5 nitrogen and oxygen atoms in total. The molecular weight excluding hydrogens is 355 g/mol. The van der Waals surface area contributed by atoms with Crippen molar-refractivity contribution in [3.05, 3.63) is 65.2 Å². The molecule has 0 aliphatic carbocycles. The highest BCUT2D eigenvalue weighted by atomic mass is 19.1. The lowest BCUT2D eigenvalue weighted by atomic mass is 9.92. The van der Waals surface area contributed by atoms with E-state index in [0.717, 1.165) is 33.4 Å². The van der Waals surface area contributed by atoms with E-state index in [1.54, 1.807) is 12.3 Å². The first-order chi connectivity index (χ1) is 13.4. The van der Waals surface area contributed by atoms with Gasteiger partial charge in [-0.3, -0.25) is 4.79 Å². The molecule has 0 fully saturated rings. The first-order valence-electron chi connectivity index (χ1n) is 9.13. The fraction of sp³-hybridized carbons (Fsp3) is 0.182. The minimum Gasteiger partial charge on any atom is -0.366 e. The zero-order valence-corrected chi connectivity index (χ0v) is 15.9. The van der Waals surface area contributed by atoms with Gasteiger partial charge in [-0.2, -0.15) is 0 Å². The van der Waals surface area contributed by atoms with Crippen molar-refractivity contribution in [1.29, 1.82) is 0 Å². The Bertz CT molecular complexity index is 1200. The molecule has 0 aliphatic heterocycles. The average Bonchev–Trinajstić information content (AvgIpc) is 3.26. The molecule has 4 N–H and O–H groups in total. The van der Waals surface area contributed by atoms with Crippen molar-refractivity contribution in [3.8, 4) is 22.5 Å². The number of hydrogen-bond acceptors (Lipinski definition) is 2. The monoisotopic (exact) mass is 376 g/mol. The summed E-state index contributed by atoms with van der Waals surface area (Å²) < 4.78 is 14.7. The molecule has 4 rings (SSSR count). The quantitative estimate of drug-likeness (QED) is 0.473. The number of benzene rings is 1. The molecular formula is C22H21FN4O. The van der Waals surface area contributed by atoms with Gasteiger partial charge in [-0.05, 0) is 48.2 Å². The number of aromatic nitrogens is 3. The van der Waals surface area contributed by atoms with Crippen molar-refractivity contribution in [2.45, 2.75) is 26.7 Å². The van der Waals surface area contributed by atoms with Crippen molar-refractivity contribution in [3.63, 3.8) is 0 Å². The van der Waals surface area contributed by atoms with Crippen LogP contribution in [-0.4, -0.2) is 20.9 Å². The average molecular weight is 376 g/mol. The van der Waals surface area contributed by atoms with Crippen LogP contribution in [0.3, 0.4) is 0 Å². The molecule has 3 heterocycles. The van der Waals surface area contributed by atoms with Gasteiger partial charge in [-0.1, -0.05) is 19.9 Å². The van der Waals surface area contributed by atoms with Gasteiger partial charge >= 0.3 is 0 Å². The molecule has 1 aromatic carbocycles. The van der Waals surface area contributed by atoms with Gasteiger partial charge < -0.3 is 15.7 Å². The number of rotatable bonds is 4. The SMILES string of the molecule is Cc1ccc(-c2[nH]c(-c3ccnc4[nH]ccc34)c(C(C)C)c2C(N)=O)c(F)c1. The van der Waals surface area contributed by atoms with E-state index in [-0.39, 0.29) is 5.92 Å². The number of nitrogens with one attached hydrogen (secondary N) is 2. The van der Waals surface area contributed by atoms with Gasteiger partial charge in [-0.15, -0.1) is 0 Å². The third kappa shape index (κ3) is 2.78. The van der Waals surface area contributed by atoms with E-state index in [2.05, 4.69) is 15.0 Å². The summed E-state index contributed by atoms with van der Waals surface area (Å²) in [5.41, 5.74) is 10.8. The summed E-state index contributed by atoms with van der Waals surface area (Å²) in [5, 5.41) is 0.914. The van der Waals surface area contributed by atoms with Gasteiger partial charge in [-0.25, -0.2) is 9.37 Å². The lowest BCUT2D eigenvalue weighted by molar-refractivity contribution is 0.1000. The lowest BCUT2D eigenvalue weighted by Gasteiger charge is -2.11. The highest BCUT2D eigenvalue weighted by molar-refractivity contribution is 6.05. The Labute approximate surface area is 161 Å². The fourth-order valence-corrected chi connectivity index (χ4v) is 3.76. The van der Waals surface area contributed by atoms with E-state index in [4.69, 9.17) is 5.73 Å². The standard InChI is InChI=1S/C22H21FN4O/c1-11(2)17-18(21(24)28)20(15-5-4-12(3)10-16(15)23)27-19(17)13-6-8-25-22-14(13)7-9-26-22/h4-11,27H,1-3H3,(H2,24,28)(H,25,26). The van der Waals surface area contributed by atoms with Crippen LogP contribution in [0.25, 0.3) is 33.5 Å². The zero-order valence-electron chi connectivity index (χ0n) is 15.9. The van der Waals surface area contributed by atoms with Crippen LogP contribution in [0.4, 0.5) is 4.39 Å². The Morgan fingerprint density at radius 3 is 2.61 bits per heavy atom. The van der Waals surface area contributed by atoms with Crippen molar-refractivity contribution in [1.82, 2.24) is 15.0 Å². The molecule has 0 atom stereocenters. The van der Waals surface area contributed by atoms with Crippen LogP contribution in [0.15, 0.2) is 42.7 Å². The number of H-pyrrole nitrogens is 2. The Kier molecular flexibility index (Phi) is 4.26. The third-order valence-electron chi connectivity index (χ3n) is 4.99. The minimum absolute atomic E-state index is 0.00170. The molecule has 1 amide bonds. The number of nitrogens with zero attached hydrogens (tertiary/aromatic N) is 1. The predicted molar refractivity (Wildman–Crippen MR) is 109 cm³/mol. The Balaban J connectivity index is 2.08. The van der Waals surface area contributed by atoms with Gasteiger partial charge in [0, 0.05) is 28.9 Å². The minimum atomic E-state index is -0.583. The Hall–Kier alpha value is -3.41. The number of fused-ring (bicyclic) bond motifs is 1. The number of aromatic amines is 2. The summed E-state index contributed by atoms with van der Waals surface area (Å²) in [7, 11) is 0. The van der Waals surface area contributed by atoms with Gasteiger partial charge in [0.1, 0.15) is 11.5 Å². The van der Waals surface area contributed by atoms with E-state index in [1.165, 1.54) is 6.07 Å². The molecule has 0 unspecified atom stereocenters. The molecule has 28 heavy (non-hydrogen) atoms. The van der Waals surface area contributed by atoms with Crippen LogP contribution in [0.1, 0.15) is 41.3 Å². The summed E-state index contributed by atoms with van der Waals surface area (Å²) in [6.45, 7) is 5.80. The summed E-state index contributed by atoms with van der Waals surface area (Å²) in [5.74, 6) is -0.981. The van der Waals surface area contributed by atoms with E-state index in [0.29, 0.717) is 16.8 Å². The molecule has 0 saturated carbocycles. The summed E-state index contributed by atoms with van der Waals surface area (Å²) in [6, 6.07) is 8.75. The van der Waals surface area contributed by atoms with Crippen molar-refractivity contribution < 1.29 is 9.18 Å². The second kappa shape index (κ2) is 6.64. The van der Waals surface area contributed by atoms with E-state index >= 15 is 0 Å².